The molecule has 1 aliphatic heterocycles. The molecule has 0 aromatic rings. The number of ether oxygens (including phenoxy) is 1. The Morgan fingerprint density at radius 1 is 1.59 bits per heavy atom. The van der Waals surface area contributed by atoms with Crippen molar-refractivity contribution >= 4 is 11.7 Å². The van der Waals surface area contributed by atoms with Crippen molar-refractivity contribution in [1.82, 2.24) is 5.32 Å². The predicted octanol–water partition coefficient (Wildman–Crippen LogP) is 0.588. The molecule has 0 spiro atoms. The first-order valence-electron chi connectivity index (χ1n) is 5.97. The van der Waals surface area contributed by atoms with Crippen LogP contribution in [0.1, 0.15) is 39.0 Å². The van der Waals surface area contributed by atoms with Crippen molar-refractivity contribution < 1.29 is 14.7 Å². The lowest BCUT2D eigenvalue weighted by molar-refractivity contribution is -0.139. The molecule has 0 radical (unpaired) electrons. The van der Waals surface area contributed by atoms with Gasteiger partial charge in [0.05, 0.1) is 0 Å². The topological polar surface area (TPSA) is 96.9 Å². The zero-order chi connectivity index (χ0) is 12.7. The van der Waals surface area contributed by atoms with Crippen LogP contribution in [0.4, 0.5) is 0 Å². The molecule has 1 saturated heterocycles. The highest BCUT2D eigenvalue weighted by Crippen LogP contribution is 2.24. The maximum absolute atomic E-state index is 11.8. The van der Waals surface area contributed by atoms with Crippen LogP contribution in [0.5, 0.6) is 0 Å². The summed E-state index contributed by atoms with van der Waals surface area (Å²) in [5.41, 5.74) is 4.68. The third-order valence-corrected chi connectivity index (χ3v) is 2.97. The zero-order valence-corrected chi connectivity index (χ0v) is 10.2. The fourth-order valence-electron chi connectivity index (χ4n) is 1.83. The molecule has 0 aromatic carbocycles. The van der Waals surface area contributed by atoms with E-state index in [9.17, 15) is 4.79 Å². The van der Waals surface area contributed by atoms with Gasteiger partial charge in [-0.15, -0.1) is 0 Å². The van der Waals surface area contributed by atoms with Gasteiger partial charge in [-0.25, -0.2) is 0 Å². The molecule has 0 aromatic heterocycles. The van der Waals surface area contributed by atoms with E-state index in [0.717, 1.165) is 25.7 Å². The van der Waals surface area contributed by atoms with Gasteiger partial charge < -0.3 is 21.0 Å². The van der Waals surface area contributed by atoms with Crippen molar-refractivity contribution in [3.8, 4) is 0 Å². The van der Waals surface area contributed by atoms with Gasteiger partial charge >= 0.3 is 0 Å². The lowest BCUT2D eigenvalue weighted by atomic mass is 10.0. The minimum absolute atomic E-state index is 0.0428. The molecular weight excluding hydrogens is 222 g/mol. The first-order valence-corrected chi connectivity index (χ1v) is 5.97. The molecule has 1 fully saturated rings. The van der Waals surface area contributed by atoms with E-state index in [1.807, 2.05) is 6.92 Å². The van der Waals surface area contributed by atoms with Gasteiger partial charge in [-0.1, -0.05) is 5.16 Å². The zero-order valence-electron chi connectivity index (χ0n) is 10.2. The van der Waals surface area contributed by atoms with Crippen LogP contribution in [0.15, 0.2) is 5.16 Å². The number of amidine groups is 1. The van der Waals surface area contributed by atoms with Crippen molar-refractivity contribution in [3.05, 3.63) is 0 Å². The average molecular weight is 243 g/mol. The van der Waals surface area contributed by atoms with Crippen molar-refractivity contribution in [2.45, 2.75) is 44.6 Å². The van der Waals surface area contributed by atoms with Gasteiger partial charge in [-0.2, -0.15) is 0 Å². The van der Waals surface area contributed by atoms with Gasteiger partial charge in [0.25, 0.3) is 5.91 Å². The Morgan fingerprint density at radius 3 is 2.94 bits per heavy atom. The second-order valence-corrected chi connectivity index (χ2v) is 4.49. The quantitative estimate of drug-likeness (QED) is 0.209. The van der Waals surface area contributed by atoms with Crippen LogP contribution in [0, 0.1) is 0 Å². The molecule has 0 bridgehead atoms. The van der Waals surface area contributed by atoms with Crippen LogP contribution in [0.2, 0.25) is 0 Å². The molecule has 1 rings (SSSR count). The molecule has 0 saturated carbocycles. The van der Waals surface area contributed by atoms with Crippen molar-refractivity contribution in [2.24, 2.45) is 10.9 Å². The molecule has 1 amide bonds. The van der Waals surface area contributed by atoms with E-state index in [1.54, 1.807) is 0 Å². The lowest BCUT2D eigenvalue weighted by Crippen LogP contribution is -2.44. The van der Waals surface area contributed by atoms with Gasteiger partial charge in [0.2, 0.25) is 0 Å². The van der Waals surface area contributed by atoms with Gasteiger partial charge in [0.1, 0.15) is 11.4 Å². The van der Waals surface area contributed by atoms with Crippen molar-refractivity contribution in [2.75, 3.05) is 13.2 Å². The average Bonchev–Trinajstić information content (AvgIpc) is 2.76. The van der Waals surface area contributed by atoms with E-state index in [2.05, 4.69) is 10.5 Å². The van der Waals surface area contributed by atoms with E-state index in [-0.39, 0.29) is 11.7 Å². The number of carbonyl (C=O) groups excluding carboxylic acids is 1. The van der Waals surface area contributed by atoms with Crippen LogP contribution >= 0.6 is 0 Å². The maximum atomic E-state index is 11.8. The Morgan fingerprint density at radius 2 is 2.35 bits per heavy atom. The highest BCUT2D eigenvalue weighted by Gasteiger charge is 2.37. The number of nitrogens with one attached hydrogen (secondary N) is 1. The molecule has 0 aliphatic carbocycles. The largest absolute Gasteiger partial charge is 0.409 e. The van der Waals surface area contributed by atoms with Crippen LogP contribution in [-0.2, 0) is 9.53 Å². The molecule has 98 valence electrons. The Hall–Kier alpha value is -1.30. The Bertz CT molecular complexity index is 286. The van der Waals surface area contributed by atoms with Crippen LogP contribution in [0.25, 0.3) is 0 Å². The highest BCUT2D eigenvalue weighted by molar-refractivity contribution is 5.85. The number of oxime groups is 1. The fourth-order valence-corrected chi connectivity index (χ4v) is 1.83. The summed E-state index contributed by atoms with van der Waals surface area (Å²) >= 11 is 0. The summed E-state index contributed by atoms with van der Waals surface area (Å²) in [6, 6.07) is 0. The first kappa shape index (κ1) is 13.8. The monoisotopic (exact) mass is 243 g/mol. The summed E-state index contributed by atoms with van der Waals surface area (Å²) in [7, 11) is 0. The molecule has 6 nitrogen and oxygen atoms in total. The normalized spacial score (nSPS) is 24.9. The summed E-state index contributed by atoms with van der Waals surface area (Å²) < 4.78 is 5.43. The number of rotatable bonds is 6. The summed E-state index contributed by atoms with van der Waals surface area (Å²) in [5.74, 6) is 0.182. The first-order chi connectivity index (χ1) is 8.08. The van der Waals surface area contributed by atoms with Gasteiger partial charge in [-0.05, 0) is 32.6 Å². The second-order valence-electron chi connectivity index (χ2n) is 4.49. The van der Waals surface area contributed by atoms with Crippen molar-refractivity contribution in [1.29, 1.82) is 0 Å². The summed E-state index contributed by atoms with van der Waals surface area (Å²) in [4.78, 5) is 11.8. The minimum Gasteiger partial charge on any atom is -0.409 e. The number of nitrogens with zero attached hydrogens (tertiary/aromatic N) is 1. The van der Waals surface area contributed by atoms with Crippen molar-refractivity contribution in [3.63, 3.8) is 0 Å². The fraction of sp³-hybridized carbons (Fsp3) is 0.818. The van der Waals surface area contributed by atoms with Crippen LogP contribution < -0.4 is 11.1 Å². The summed E-state index contributed by atoms with van der Waals surface area (Å²) in [6.45, 7) is 3.08. The summed E-state index contributed by atoms with van der Waals surface area (Å²) in [6.07, 6.45) is 3.85. The van der Waals surface area contributed by atoms with E-state index >= 15 is 0 Å². The maximum Gasteiger partial charge on any atom is 0.251 e. The van der Waals surface area contributed by atoms with E-state index < -0.39 is 5.60 Å². The Balaban J connectivity index is 2.12. The Kier molecular flexibility index (Phi) is 5.21. The minimum atomic E-state index is -0.647. The van der Waals surface area contributed by atoms with Crippen LogP contribution in [0.3, 0.4) is 0 Å². The number of amides is 1. The van der Waals surface area contributed by atoms with Gasteiger partial charge in [0, 0.05) is 19.6 Å². The number of carbonyl (C=O) groups is 1. The molecule has 1 atom stereocenters. The van der Waals surface area contributed by atoms with Crippen LogP contribution in [-0.4, -0.2) is 35.7 Å². The van der Waals surface area contributed by atoms with E-state index in [4.69, 9.17) is 15.7 Å². The molecule has 4 N–H and O–H groups in total. The molecule has 17 heavy (non-hydrogen) atoms. The third-order valence-electron chi connectivity index (χ3n) is 2.97. The predicted molar refractivity (Wildman–Crippen MR) is 63.9 cm³/mol. The van der Waals surface area contributed by atoms with Gasteiger partial charge in [0.15, 0.2) is 0 Å². The van der Waals surface area contributed by atoms with Gasteiger partial charge in [-0.3, -0.25) is 4.79 Å². The number of hydrogen-bond acceptors (Lipinski definition) is 4. The SMILES string of the molecule is CC1(C(=O)NCCCCC(N)=NO)CCCO1. The number of hydrogen-bond donors (Lipinski definition) is 3. The second kappa shape index (κ2) is 6.44. The Labute approximate surface area is 101 Å². The number of unbranched alkanes of at least 4 members (excludes halogenated alkanes) is 1. The summed E-state index contributed by atoms with van der Waals surface area (Å²) in [5, 5.41) is 14.1. The smallest absolute Gasteiger partial charge is 0.251 e. The van der Waals surface area contributed by atoms with E-state index in [0.29, 0.717) is 19.6 Å². The molecule has 1 unspecified atom stereocenters. The standard InChI is InChI=1S/C11H21N3O3/c1-11(6-4-8-17-11)10(15)13-7-3-2-5-9(12)14-16/h16H,2-8H2,1H3,(H2,12,14)(H,13,15). The highest BCUT2D eigenvalue weighted by atomic mass is 16.5. The molecule has 1 aliphatic rings. The molecular formula is C11H21N3O3. The molecule has 6 heteroatoms. The third kappa shape index (κ3) is 4.22. The lowest BCUT2D eigenvalue weighted by Gasteiger charge is -2.21. The number of nitrogens with two attached hydrogens (primary N) is 1. The van der Waals surface area contributed by atoms with E-state index in [1.165, 1.54) is 0 Å². The molecule has 1 heterocycles.